The van der Waals surface area contributed by atoms with Crippen molar-refractivity contribution < 1.29 is 14.6 Å². The van der Waals surface area contributed by atoms with Crippen LogP contribution in [-0.4, -0.2) is 48.3 Å². The summed E-state index contributed by atoms with van der Waals surface area (Å²) >= 11 is 0. The van der Waals surface area contributed by atoms with Gasteiger partial charge in [0.05, 0.1) is 6.10 Å². The lowest BCUT2D eigenvalue weighted by Crippen LogP contribution is -2.44. The fourth-order valence-electron chi connectivity index (χ4n) is 1.58. The lowest BCUT2D eigenvalue weighted by molar-refractivity contribution is -0.141. The van der Waals surface area contributed by atoms with E-state index in [9.17, 15) is 4.79 Å². The predicted octanol–water partition coefficient (Wildman–Crippen LogP) is 0.00460. The summed E-state index contributed by atoms with van der Waals surface area (Å²) in [5.41, 5.74) is 0. The molecule has 1 aliphatic rings. The van der Waals surface area contributed by atoms with E-state index in [1.807, 2.05) is 0 Å². The van der Waals surface area contributed by atoms with Gasteiger partial charge in [0.15, 0.2) is 0 Å². The molecule has 4 nitrogen and oxygen atoms in total. The van der Waals surface area contributed by atoms with Crippen LogP contribution < -0.4 is 0 Å². The molecule has 4 heteroatoms. The summed E-state index contributed by atoms with van der Waals surface area (Å²) < 4.78 is 5.18. The molecule has 1 fully saturated rings. The molecule has 1 heterocycles. The molecule has 0 aromatic rings. The number of hydrogen-bond donors (Lipinski definition) is 1. The molecule has 1 aliphatic heterocycles. The lowest BCUT2D eigenvalue weighted by Gasteiger charge is -2.31. The molecule has 0 saturated carbocycles. The number of likely N-dealkylation sites (tertiary alicyclic amines) is 1. The van der Waals surface area contributed by atoms with Gasteiger partial charge in [-0.1, -0.05) is 0 Å². The zero-order valence-electron chi connectivity index (χ0n) is 8.19. The van der Waals surface area contributed by atoms with Crippen molar-refractivity contribution in [3.63, 3.8) is 0 Å². The summed E-state index contributed by atoms with van der Waals surface area (Å²) in [4.78, 5) is 13.0. The van der Waals surface area contributed by atoms with Crippen LogP contribution in [0.25, 0.3) is 0 Å². The van der Waals surface area contributed by atoms with Crippen molar-refractivity contribution in [2.24, 2.45) is 0 Å². The van der Waals surface area contributed by atoms with Crippen molar-refractivity contribution in [1.29, 1.82) is 0 Å². The fraction of sp³-hybridized carbons (Fsp3) is 0.889. The molecular formula is C9H17NO3. The van der Waals surface area contributed by atoms with E-state index in [0.29, 0.717) is 13.1 Å². The van der Waals surface area contributed by atoms with Gasteiger partial charge in [0.25, 0.3) is 5.91 Å². The Bertz CT molecular complexity index is 174. The van der Waals surface area contributed by atoms with Crippen LogP contribution in [0.3, 0.4) is 0 Å². The number of rotatable bonds is 2. The first-order chi connectivity index (χ1) is 6.15. The molecule has 0 aromatic carbocycles. The molecule has 13 heavy (non-hydrogen) atoms. The Morgan fingerprint density at radius 2 is 2.08 bits per heavy atom. The first kappa shape index (κ1) is 10.5. The second kappa shape index (κ2) is 4.58. The second-order valence-corrected chi connectivity index (χ2v) is 3.44. The zero-order valence-corrected chi connectivity index (χ0v) is 8.19. The predicted molar refractivity (Wildman–Crippen MR) is 48.3 cm³/mol. The highest BCUT2D eigenvalue weighted by atomic mass is 16.5. The Hall–Kier alpha value is -0.610. The molecule has 76 valence electrons. The van der Waals surface area contributed by atoms with E-state index >= 15 is 0 Å². The number of amides is 1. The van der Waals surface area contributed by atoms with Gasteiger partial charge in [0.2, 0.25) is 0 Å². The molecule has 1 saturated heterocycles. The summed E-state index contributed by atoms with van der Waals surface area (Å²) in [6.45, 7) is 2.90. The summed E-state index contributed by atoms with van der Waals surface area (Å²) in [7, 11) is 1.69. The molecule has 1 rings (SSSR count). The van der Waals surface area contributed by atoms with Crippen LogP contribution in [-0.2, 0) is 9.53 Å². The number of ether oxygens (including phenoxy) is 1. The Kier molecular flexibility index (Phi) is 3.69. The third-order valence-electron chi connectivity index (χ3n) is 2.44. The van der Waals surface area contributed by atoms with Crippen molar-refractivity contribution in [2.45, 2.75) is 32.0 Å². The van der Waals surface area contributed by atoms with Gasteiger partial charge < -0.3 is 14.7 Å². The highest BCUT2D eigenvalue weighted by molar-refractivity contribution is 5.80. The van der Waals surface area contributed by atoms with E-state index in [4.69, 9.17) is 9.84 Å². The third kappa shape index (κ3) is 2.67. The van der Waals surface area contributed by atoms with Crippen LogP contribution in [0.1, 0.15) is 19.8 Å². The minimum Gasteiger partial charge on any atom is -0.384 e. The number of methoxy groups -OCH3 is 1. The maximum atomic E-state index is 11.3. The summed E-state index contributed by atoms with van der Waals surface area (Å²) in [5.74, 6) is -0.172. The van der Waals surface area contributed by atoms with Gasteiger partial charge in [-0.25, -0.2) is 0 Å². The number of hydrogen-bond acceptors (Lipinski definition) is 3. The van der Waals surface area contributed by atoms with Crippen LogP contribution >= 0.6 is 0 Å². The Morgan fingerprint density at radius 1 is 1.54 bits per heavy atom. The molecule has 1 amide bonds. The molecule has 0 unspecified atom stereocenters. The molecule has 0 spiro atoms. The maximum Gasteiger partial charge on any atom is 0.251 e. The van der Waals surface area contributed by atoms with Crippen LogP contribution in [0.4, 0.5) is 0 Å². The Balaban J connectivity index is 2.36. The molecule has 1 atom stereocenters. The second-order valence-electron chi connectivity index (χ2n) is 3.44. The highest BCUT2D eigenvalue weighted by Gasteiger charge is 2.24. The molecule has 0 aliphatic carbocycles. The highest BCUT2D eigenvalue weighted by Crippen LogP contribution is 2.13. The molecular weight excluding hydrogens is 170 g/mol. The van der Waals surface area contributed by atoms with Crippen molar-refractivity contribution in [3.05, 3.63) is 0 Å². The van der Waals surface area contributed by atoms with Gasteiger partial charge >= 0.3 is 0 Å². The maximum absolute atomic E-state index is 11.3. The SMILES string of the molecule is COC1CCN(C(=O)[C@H](C)O)CC1. The van der Waals surface area contributed by atoms with Crippen LogP contribution in [0, 0.1) is 0 Å². The van der Waals surface area contributed by atoms with Crippen LogP contribution in [0.15, 0.2) is 0 Å². The van der Waals surface area contributed by atoms with Gasteiger partial charge in [-0.15, -0.1) is 0 Å². The largest absolute Gasteiger partial charge is 0.384 e. The first-order valence-corrected chi connectivity index (χ1v) is 4.64. The summed E-state index contributed by atoms with van der Waals surface area (Å²) in [5, 5.41) is 9.07. The topological polar surface area (TPSA) is 49.8 Å². The minimum atomic E-state index is -0.876. The van der Waals surface area contributed by atoms with Gasteiger partial charge in [-0.3, -0.25) is 4.79 Å². The number of aliphatic hydroxyl groups is 1. The Labute approximate surface area is 78.5 Å². The number of carbonyl (C=O) groups excluding carboxylic acids is 1. The van der Waals surface area contributed by atoms with Gasteiger partial charge in [0.1, 0.15) is 6.10 Å². The average Bonchev–Trinajstić information content (AvgIpc) is 2.17. The monoisotopic (exact) mass is 187 g/mol. The van der Waals surface area contributed by atoms with E-state index in [-0.39, 0.29) is 12.0 Å². The number of carbonyl (C=O) groups is 1. The normalized spacial score (nSPS) is 21.6. The molecule has 0 radical (unpaired) electrons. The van der Waals surface area contributed by atoms with Crippen molar-refractivity contribution >= 4 is 5.91 Å². The van der Waals surface area contributed by atoms with E-state index in [0.717, 1.165) is 12.8 Å². The van der Waals surface area contributed by atoms with E-state index in [1.165, 1.54) is 6.92 Å². The summed E-state index contributed by atoms with van der Waals surface area (Å²) in [6, 6.07) is 0. The van der Waals surface area contributed by atoms with Gasteiger partial charge in [0, 0.05) is 20.2 Å². The third-order valence-corrected chi connectivity index (χ3v) is 2.44. The molecule has 0 aromatic heterocycles. The molecule has 1 N–H and O–H groups in total. The quantitative estimate of drug-likeness (QED) is 0.662. The number of nitrogens with zero attached hydrogens (tertiary/aromatic N) is 1. The average molecular weight is 187 g/mol. The molecule has 0 bridgehead atoms. The fourth-order valence-corrected chi connectivity index (χ4v) is 1.58. The van der Waals surface area contributed by atoms with Crippen LogP contribution in [0.5, 0.6) is 0 Å². The van der Waals surface area contributed by atoms with Gasteiger partial charge in [-0.05, 0) is 19.8 Å². The van der Waals surface area contributed by atoms with Crippen molar-refractivity contribution in [1.82, 2.24) is 4.90 Å². The minimum absolute atomic E-state index is 0.172. The van der Waals surface area contributed by atoms with E-state index in [1.54, 1.807) is 12.0 Å². The lowest BCUT2D eigenvalue weighted by atomic mass is 10.1. The van der Waals surface area contributed by atoms with E-state index in [2.05, 4.69) is 0 Å². The zero-order chi connectivity index (χ0) is 9.84. The standard InChI is InChI=1S/C9H17NO3/c1-7(11)9(12)10-5-3-8(13-2)4-6-10/h7-8,11H,3-6H2,1-2H3/t7-/m0/s1. The van der Waals surface area contributed by atoms with Crippen LogP contribution in [0.2, 0.25) is 0 Å². The Morgan fingerprint density at radius 3 is 2.46 bits per heavy atom. The number of aliphatic hydroxyl groups excluding tert-OH is 1. The number of piperidine rings is 1. The van der Waals surface area contributed by atoms with E-state index < -0.39 is 6.10 Å². The summed E-state index contributed by atoms with van der Waals surface area (Å²) in [6.07, 6.45) is 1.14. The van der Waals surface area contributed by atoms with Gasteiger partial charge in [-0.2, -0.15) is 0 Å². The van der Waals surface area contributed by atoms with Crippen molar-refractivity contribution in [3.8, 4) is 0 Å². The smallest absolute Gasteiger partial charge is 0.251 e. The first-order valence-electron chi connectivity index (χ1n) is 4.64. The van der Waals surface area contributed by atoms with Crippen molar-refractivity contribution in [2.75, 3.05) is 20.2 Å².